The van der Waals surface area contributed by atoms with Gasteiger partial charge in [0.2, 0.25) is 0 Å². The van der Waals surface area contributed by atoms with Gasteiger partial charge in [-0.1, -0.05) is 33.4 Å². The van der Waals surface area contributed by atoms with Gasteiger partial charge < -0.3 is 9.42 Å². The zero-order valence-electron chi connectivity index (χ0n) is 11.6. The van der Waals surface area contributed by atoms with E-state index in [1.165, 1.54) is 0 Å². The summed E-state index contributed by atoms with van der Waals surface area (Å²) in [5, 5.41) is 0. The highest BCUT2D eigenvalue weighted by Crippen LogP contribution is 2.37. The van der Waals surface area contributed by atoms with Crippen LogP contribution in [0.3, 0.4) is 0 Å². The summed E-state index contributed by atoms with van der Waals surface area (Å²) in [7, 11) is -2.98. The second-order valence-corrected chi connectivity index (χ2v) is 6.14. The van der Waals surface area contributed by atoms with E-state index >= 15 is 0 Å². The summed E-state index contributed by atoms with van der Waals surface area (Å²) in [4.78, 5) is 8.95. The van der Waals surface area contributed by atoms with Crippen molar-refractivity contribution in [3.63, 3.8) is 0 Å². The third-order valence-corrected chi connectivity index (χ3v) is 3.51. The molecule has 0 spiro atoms. The molecule has 0 radical (unpaired) electrons. The van der Waals surface area contributed by atoms with Gasteiger partial charge in [0.1, 0.15) is 5.75 Å². The molecule has 1 N–H and O–H groups in total. The van der Waals surface area contributed by atoms with Crippen LogP contribution in [0.25, 0.3) is 6.08 Å². The van der Waals surface area contributed by atoms with Crippen molar-refractivity contribution in [1.29, 1.82) is 0 Å². The molecular weight excluding hydrogens is 247 g/mol. The molecule has 0 aliphatic rings. The molecule has 1 aromatic carbocycles. The highest BCUT2D eigenvalue weighted by atomic mass is 31.1. The Morgan fingerprint density at radius 3 is 2.28 bits per heavy atom. The SMILES string of the molecule is C=Cc1c(C(C)(C)C)cc(O[PH](=O)O)c(C)c1C. The molecule has 1 rings (SSSR count). The van der Waals surface area contributed by atoms with E-state index in [0.717, 1.165) is 22.3 Å². The molecule has 0 aliphatic carbocycles. The second-order valence-electron chi connectivity index (χ2n) is 5.41. The lowest BCUT2D eigenvalue weighted by atomic mass is 9.81. The van der Waals surface area contributed by atoms with Gasteiger partial charge >= 0.3 is 8.25 Å². The lowest BCUT2D eigenvalue weighted by Gasteiger charge is -2.25. The van der Waals surface area contributed by atoms with Gasteiger partial charge in [-0.05, 0) is 47.6 Å². The predicted octanol–water partition coefficient (Wildman–Crippen LogP) is 4.00. The molecule has 18 heavy (non-hydrogen) atoms. The molecule has 0 bridgehead atoms. The summed E-state index contributed by atoms with van der Waals surface area (Å²) in [6, 6.07) is 1.85. The molecule has 1 aromatic rings. The van der Waals surface area contributed by atoms with Crippen molar-refractivity contribution in [2.75, 3.05) is 0 Å². The average molecular weight is 268 g/mol. The molecule has 0 heterocycles. The van der Waals surface area contributed by atoms with Gasteiger partial charge in [-0.3, -0.25) is 0 Å². The maximum absolute atomic E-state index is 10.9. The smallest absolute Gasteiger partial charge is 0.365 e. The van der Waals surface area contributed by atoms with E-state index in [1.807, 2.05) is 26.0 Å². The first-order chi connectivity index (χ1) is 8.18. The molecular formula is C14H21O3P. The zero-order valence-corrected chi connectivity index (χ0v) is 12.6. The topological polar surface area (TPSA) is 46.5 Å². The Morgan fingerprint density at radius 1 is 1.33 bits per heavy atom. The van der Waals surface area contributed by atoms with Crippen molar-refractivity contribution in [2.45, 2.75) is 40.0 Å². The monoisotopic (exact) mass is 268 g/mol. The van der Waals surface area contributed by atoms with Gasteiger partial charge in [0.05, 0.1) is 0 Å². The van der Waals surface area contributed by atoms with Gasteiger partial charge in [0, 0.05) is 0 Å². The molecule has 1 unspecified atom stereocenters. The van der Waals surface area contributed by atoms with Gasteiger partial charge in [-0.25, -0.2) is 4.57 Å². The fourth-order valence-corrected chi connectivity index (χ4v) is 2.39. The van der Waals surface area contributed by atoms with E-state index < -0.39 is 8.25 Å². The number of hydrogen-bond donors (Lipinski definition) is 1. The van der Waals surface area contributed by atoms with E-state index in [2.05, 4.69) is 27.4 Å². The molecule has 0 aromatic heterocycles. The zero-order chi connectivity index (χ0) is 14.1. The summed E-state index contributed by atoms with van der Waals surface area (Å²) in [6.45, 7) is 14.0. The van der Waals surface area contributed by atoms with Crippen LogP contribution >= 0.6 is 8.25 Å². The van der Waals surface area contributed by atoms with Crippen molar-refractivity contribution in [3.8, 4) is 5.75 Å². The van der Waals surface area contributed by atoms with Crippen molar-refractivity contribution in [3.05, 3.63) is 34.9 Å². The van der Waals surface area contributed by atoms with E-state index in [0.29, 0.717) is 5.75 Å². The highest BCUT2D eigenvalue weighted by molar-refractivity contribution is 7.32. The highest BCUT2D eigenvalue weighted by Gasteiger charge is 2.21. The number of hydrogen-bond acceptors (Lipinski definition) is 2. The summed E-state index contributed by atoms with van der Waals surface area (Å²) >= 11 is 0. The van der Waals surface area contributed by atoms with Crippen LogP contribution in [0, 0.1) is 13.8 Å². The fraction of sp³-hybridized carbons (Fsp3) is 0.429. The molecule has 0 saturated heterocycles. The standard InChI is InChI=1S/C14H21O3P/c1-7-11-9(2)10(3)13(17-18(15)16)8-12(11)14(4,5)6/h7-8,18H,1H2,2-6H3,(H,15,16). The van der Waals surface area contributed by atoms with Gasteiger partial charge in [0.15, 0.2) is 0 Å². The van der Waals surface area contributed by atoms with E-state index in [-0.39, 0.29) is 5.41 Å². The van der Waals surface area contributed by atoms with Crippen LogP contribution in [0.2, 0.25) is 0 Å². The summed E-state index contributed by atoms with van der Waals surface area (Å²) in [6.07, 6.45) is 1.83. The van der Waals surface area contributed by atoms with Crippen molar-refractivity contribution in [1.82, 2.24) is 0 Å². The largest absolute Gasteiger partial charge is 0.426 e. The third kappa shape index (κ3) is 3.04. The van der Waals surface area contributed by atoms with Crippen LogP contribution in [0.15, 0.2) is 12.6 Å². The molecule has 0 amide bonds. The Morgan fingerprint density at radius 2 is 1.89 bits per heavy atom. The first-order valence-electron chi connectivity index (χ1n) is 5.86. The van der Waals surface area contributed by atoms with E-state index in [4.69, 9.17) is 9.42 Å². The van der Waals surface area contributed by atoms with Crippen molar-refractivity contribution < 1.29 is 14.0 Å². The summed E-state index contributed by atoms with van der Waals surface area (Å²) < 4.78 is 15.9. The van der Waals surface area contributed by atoms with Gasteiger partial charge in [-0.15, -0.1) is 0 Å². The Bertz CT molecular complexity index is 499. The molecule has 0 saturated carbocycles. The predicted molar refractivity (Wildman–Crippen MR) is 76.6 cm³/mol. The third-order valence-electron chi connectivity index (χ3n) is 3.11. The maximum atomic E-state index is 10.9. The molecule has 3 nitrogen and oxygen atoms in total. The van der Waals surface area contributed by atoms with Crippen LogP contribution in [0.4, 0.5) is 0 Å². The van der Waals surface area contributed by atoms with Crippen LogP contribution in [-0.2, 0) is 9.98 Å². The van der Waals surface area contributed by atoms with Gasteiger partial charge in [-0.2, -0.15) is 0 Å². The van der Waals surface area contributed by atoms with Crippen LogP contribution in [-0.4, -0.2) is 4.89 Å². The van der Waals surface area contributed by atoms with Crippen molar-refractivity contribution >= 4 is 14.3 Å². The maximum Gasteiger partial charge on any atom is 0.365 e. The summed E-state index contributed by atoms with van der Waals surface area (Å²) in [5.41, 5.74) is 3.98. The second kappa shape index (κ2) is 5.29. The van der Waals surface area contributed by atoms with Crippen molar-refractivity contribution in [2.24, 2.45) is 0 Å². The fourth-order valence-electron chi connectivity index (χ4n) is 1.99. The lowest BCUT2D eigenvalue weighted by molar-refractivity contribution is 0.408. The lowest BCUT2D eigenvalue weighted by Crippen LogP contribution is -2.14. The van der Waals surface area contributed by atoms with E-state index in [1.54, 1.807) is 0 Å². The Hall–Kier alpha value is -1.05. The van der Waals surface area contributed by atoms with Crippen LogP contribution < -0.4 is 4.52 Å². The first kappa shape index (κ1) is 15.0. The number of rotatable bonds is 3. The van der Waals surface area contributed by atoms with Gasteiger partial charge in [0.25, 0.3) is 0 Å². The minimum Gasteiger partial charge on any atom is -0.426 e. The Kier molecular flexibility index (Phi) is 4.41. The molecule has 1 atom stereocenters. The van der Waals surface area contributed by atoms with Crippen LogP contribution in [0.5, 0.6) is 5.75 Å². The van der Waals surface area contributed by atoms with E-state index in [9.17, 15) is 4.57 Å². The Balaban J connectivity index is 3.55. The minimum atomic E-state index is -2.98. The first-order valence-corrected chi connectivity index (χ1v) is 7.12. The summed E-state index contributed by atoms with van der Waals surface area (Å²) in [5.74, 6) is 0.481. The number of benzene rings is 1. The van der Waals surface area contributed by atoms with Crippen LogP contribution in [0.1, 0.15) is 43.0 Å². The molecule has 4 heteroatoms. The molecule has 100 valence electrons. The minimum absolute atomic E-state index is 0.0780. The normalized spacial score (nSPS) is 13.2. The quantitative estimate of drug-likeness (QED) is 0.843. The Labute approximate surface area is 109 Å². The molecule has 0 fully saturated rings. The molecule has 0 aliphatic heterocycles. The average Bonchev–Trinajstić information content (AvgIpc) is 2.22.